The van der Waals surface area contributed by atoms with E-state index in [1.165, 1.54) is 12.1 Å². The first-order chi connectivity index (χ1) is 16.4. The lowest BCUT2D eigenvalue weighted by Crippen LogP contribution is -2.31. The van der Waals surface area contributed by atoms with E-state index in [4.69, 9.17) is 9.72 Å². The van der Waals surface area contributed by atoms with E-state index in [1.54, 1.807) is 42.2 Å². The molecule has 2 unspecified atom stereocenters. The van der Waals surface area contributed by atoms with E-state index in [1.807, 2.05) is 12.1 Å². The number of halogens is 1. The quantitative estimate of drug-likeness (QED) is 0.480. The molecule has 2 atom stereocenters. The van der Waals surface area contributed by atoms with Crippen LogP contribution in [-0.2, 0) is 15.1 Å². The number of cyclic esters (lactones) is 1. The largest absolute Gasteiger partial charge is 0.458 e. The lowest BCUT2D eigenvalue weighted by molar-refractivity contribution is -0.156. The summed E-state index contributed by atoms with van der Waals surface area (Å²) in [6, 6.07) is 9.73. The van der Waals surface area contributed by atoms with Gasteiger partial charge in [0.15, 0.2) is 0 Å². The predicted octanol–water partition coefficient (Wildman–Crippen LogP) is 3.31. The van der Waals surface area contributed by atoms with Gasteiger partial charge in [-0.1, -0.05) is 0 Å². The van der Waals surface area contributed by atoms with Gasteiger partial charge in [0.05, 0.1) is 23.9 Å². The Morgan fingerprint density at radius 2 is 2.00 bits per heavy atom. The van der Waals surface area contributed by atoms with Gasteiger partial charge < -0.3 is 24.8 Å². The highest BCUT2D eigenvalue weighted by atomic mass is 19.1. The van der Waals surface area contributed by atoms with Gasteiger partial charge in [0, 0.05) is 37.0 Å². The van der Waals surface area contributed by atoms with Crippen LogP contribution >= 0.6 is 0 Å². The van der Waals surface area contributed by atoms with Crippen LogP contribution in [0.25, 0.3) is 28.7 Å². The van der Waals surface area contributed by atoms with Gasteiger partial charge in [0.25, 0.3) is 0 Å². The Balaban J connectivity index is 1.68. The zero-order valence-corrected chi connectivity index (χ0v) is 18.6. The van der Waals surface area contributed by atoms with Crippen LogP contribution in [0.4, 0.5) is 10.2 Å². The molecule has 3 heterocycles. The minimum absolute atomic E-state index is 0.0266. The minimum Gasteiger partial charge on any atom is -0.458 e. The van der Waals surface area contributed by atoms with Crippen molar-refractivity contribution < 1.29 is 24.1 Å². The van der Waals surface area contributed by atoms with Crippen LogP contribution in [0, 0.1) is 5.82 Å². The summed E-state index contributed by atoms with van der Waals surface area (Å²) in [5.74, 6) is 0.277. The number of ether oxygens (including phenoxy) is 1. The van der Waals surface area contributed by atoms with E-state index in [2.05, 4.69) is 10.3 Å². The van der Waals surface area contributed by atoms with Crippen LogP contribution in [0.15, 0.2) is 48.7 Å². The summed E-state index contributed by atoms with van der Waals surface area (Å²) < 4.78 is 20.9. The van der Waals surface area contributed by atoms with Gasteiger partial charge in [0.2, 0.25) is 0 Å². The van der Waals surface area contributed by atoms with Crippen molar-refractivity contribution in [2.24, 2.45) is 0 Å². The average Bonchev–Trinajstić information content (AvgIpc) is 3.44. The summed E-state index contributed by atoms with van der Waals surface area (Å²) in [5, 5.41) is 24.0. The number of hydrogen-bond donors (Lipinski definition) is 3. The minimum atomic E-state index is -1.08. The number of pyridine rings is 1. The number of carbonyl (C=O) groups excluding carboxylic acids is 1. The monoisotopic (exact) mass is 464 g/mol. The first kappa shape index (κ1) is 22.2. The summed E-state index contributed by atoms with van der Waals surface area (Å²) in [6.07, 6.45) is 5.06. The second kappa shape index (κ2) is 8.66. The molecule has 176 valence electrons. The molecule has 0 amide bonds. The molecule has 5 rings (SSSR count). The molecule has 1 saturated heterocycles. The van der Waals surface area contributed by atoms with E-state index < -0.39 is 23.8 Å². The highest BCUT2D eigenvalue weighted by Gasteiger charge is 2.47. The third-order valence-corrected chi connectivity index (χ3v) is 6.10. The van der Waals surface area contributed by atoms with Gasteiger partial charge in [0.1, 0.15) is 29.2 Å². The van der Waals surface area contributed by atoms with Crippen LogP contribution < -0.4 is 5.32 Å². The number of hydrogen-bond acceptors (Lipinski definition) is 7. The topological polar surface area (TPSA) is 110 Å². The fourth-order valence-corrected chi connectivity index (χ4v) is 4.16. The Labute approximate surface area is 195 Å². The maximum Gasteiger partial charge on any atom is 0.309 e. The summed E-state index contributed by atoms with van der Waals surface area (Å²) in [4.78, 5) is 20.9. The van der Waals surface area contributed by atoms with Gasteiger partial charge >= 0.3 is 5.97 Å². The van der Waals surface area contributed by atoms with E-state index in [9.17, 15) is 19.4 Å². The molecule has 2 aromatic heterocycles. The fraction of sp³-hybridized carbons (Fsp3) is 0.320. The summed E-state index contributed by atoms with van der Waals surface area (Å²) in [6.45, 7) is 0. The Morgan fingerprint density at radius 3 is 2.68 bits per heavy atom. The number of nitrogens with one attached hydrogen (secondary N) is 1. The number of rotatable bonds is 6. The summed E-state index contributed by atoms with van der Waals surface area (Å²) in [5.41, 5.74) is 1.65. The fourth-order valence-electron chi connectivity index (χ4n) is 4.16. The van der Waals surface area contributed by atoms with Crippen molar-refractivity contribution in [1.29, 1.82) is 0 Å². The molecule has 9 heteroatoms. The molecule has 1 aliphatic carbocycles. The van der Waals surface area contributed by atoms with Gasteiger partial charge in [-0.3, -0.25) is 4.79 Å². The number of nitrogens with zero attached hydrogens (tertiary/aromatic N) is 3. The molecule has 1 aliphatic heterocycles. The molecule has 2 aliphatic rings. The van der Waals surface area contributed by atoms with Crippen molar-refractivity contribution in [3.05, 3.63) is 60.3 Å². The molecule has 3 aromatic rings. The van der Waals surface area contributed by atoms with Crippen molar-refractivity contribution in [3.8, 4) is 22.5 Å². The molecular formula is C25H25FN4O4. The zero-order chi connectivity index (χ0) is 23.9. The third-order valence-electron chi connectivity index (χ3n) is 6.10. The molecule has 1 saturated carbocycles. The number of aliphatic hydroxyl groups is 2. The standard InChI is InChI=1S/C25H25FN4O4/c1-27-20-12-16(6-10-28-20)22-23(15-2-4-17(26)5-3-15)30(24(29-22)25(33)8-9-25)11-7-19-13-18(31)14-21(32)34-19/h2-7,10-12,18-19,31,33H,8-9,13-14H2,1H3,(H,27,28)/b11-7+. The smallest absolute Gasteiger partial charge is 0.309 e. The SMILES string of the molecule is CNc1cc(-c2nc(C3(O)CC3)n(/C=C/C3CC(O)CC(=O)O3)c2-c2ccc(F)cc2)ccn1. The Kier molecular flexibility index (Phi) is 5.66. The van der Waals surface area contributed by atoms with Crippen molar-refractivity contribution in [2.45, 2.75) is 43.5 Å². The molecule has 0 radical (unpaired) electrons. The van der Waals surface area contributed by atoms with Crippen LogP contribution in [0.1, 0.15) is 31.5 Å². The van der Waals surface area contributed by atoms with Gasteiger partial charge in [-0.2, -0.15) is 0 Å². The molecule has 34 heavy (non-hydrogen) atoms. The molecule has 1 aromatic carbocycles. The van der Waals surface area contributed by atoms with E-state index in [-0.39, 0.29) is 18.7 Å². The maximum absolute atomic E-state index is 13.7. The lowest BCUT2D eigenvalue weighted by Gasteiger charge is -2.23. The van der Waals surface area contributed by atoms with Crippen LogP contribution in [-0.4, -0.2) is 50.0 Å². The highest BCUT2D eigenvalue weighted by Crippen LogP contribution is 2.48. The maximum atomic E-state index is 13.7. The third kappa shape index (κ3) is 4.32. The highest BCUT2D eigenvalue weighted by molar-refractivity contribution is 5.82. The number of anilines is 1. The molecule has 0 bridgehead atoms. The second-order valence-electron chi connectivity index (χ2n) is 8.68. The van der Waals surface area contributed by atoms with Gasteiger partial charge in [-0.25, -0.2) is 14.4 Å². The normalized spacial score (nSPS) is 21.5. The number of aromatic nitrogens is 3. The second-order valence-corrected chi connectivity index (χ2v) is 8.68. The first-order valence-electron chi connectivity index (χ1n) is 11.2. The van der Waals surface area contributed by atoms with E-state index in [0.29, 0.717) is 41.4 Å². The number of benzene rings is 1. The molecule has 8 nitrogen and oxygen atoms in total. The van der Waals surface area contributed by atoms with Crippen LogP contribution in [0.5, 0.6) is 0 Å². The van der Waals surface area contributed by atoms with Crippen molar-refractivity contribution in [3.63, 3.8) is 0 Å². The lowest BCUT2D eigenvalue weighted by atomic mass is 10.0. The molecule has 3 N–H and O–H groups in total. The predicted molar refractivity (Wildman–Crippen MR) is 124 cm³/mol. The van der Waals surface area contributed by atoms with Crippen molar-refractivity contribution in [2.75, 3.05) is 12.4 Å². The molecule has 0 spiro atoms. The summed E-state index contributed by atoms with van der Waals surface area (Å²) >= 11 is 0. The Hall–Kier alpha value is -3.56. The van der Waals surface area contributed by atoms with Crippen molar-refractivity contribution in [1.82, 2.24) is 14.5 Å². The number of aliphatic hydroxyl groups excluding tert-OH is 1. The van der Waals surface area contributed by atoms with Crippen LogP contribution in [0.2, 0.25) is 0 Å². The van der Waals surface area contributed by atoms with Gasteiger partial charge in [-0.05, 0) is 55.3 Å². The average molecular weight is 464 g/mol. The van der Waals surface area contributed by atoms with E-state index >= 15 is 0 Å². The molecular weight excluding hydrogens is 439 g/mol. The Morgan fingerprint density at radius 1 is 1.24 bits per heavy atom. The van der Waals surface area contributed by atoms with Gasteiger partial charge in [-0.15, -0.1) is 0 Å². The van der Waals surface area contributed by atoms with Crippen LogP contribution in [0.3, 0.4) is 0 Å². The van der Waals surface area contributed by atoms with Crippen molar-refractivity contribution >= 4 is 18.0 Å². The number of imidazole rings is 1. The van der Waals surface area contributed by atoms with E-state index in [0.717, 1.165) is 5.56 Å². The zero-order valence-electron chi connectivity index (χ0n) is 18.6. The first-order valence-corrected chi connectivity index (χ1v) is 11.2. The summed E-state index contributed by atoms with van der Waals surface area (Å²) in [7, 11) is 1.77. The number of esters is 1. The Bertz CT molecular complexity index is 1250. The number of carbonyl (C=O) groups is 1. The molecule has 2 fully saturated rings.